The van der Waals surface area contributed by atoms with E-state index in [-0.39, 0.29) is 30.9 Å². The van der Waals surface area contributed by atoms with E-state index in [1.54, 1.807) is 4.90 Å². The lowest BCUT2D eigenvalue weighted by atomic mass is 10.1. The molecule has 0 aliphatic heterocycles. The van der Waals surface area contributed by atoms with Gasteiger partial charge in [0.15, 0.2) is 0 Å². The van der Waals surface area contributed by atoms with Crippen LogP contribution in [0.2, 0.25) is 0 Å². The molecule has 1 aromatic rings. The summed E-state index contributed by atoms with van der Waals surface area (Å²) < 4.78 is 18.3. The minimum absolute atomic E-state index is 0.0595. The molecule has 0 N–H and O–H groups in total. The maximum absolute atomic E-state index is 13.7. The molecule has 0 fully saturated rings. The minimum atomic E-state index is -0.380. The molecule has 0 aromatic heterocycles. The average molecular weight is 264 g/mol. The van der Waals surface area contributed by atoms with Gasteiger partial charge in [0.1, 0.15) is 5.82 Å². The number of nitrogens with zero attached hydrogens (tertiary/aromatic N) is 2. The van der Waals surface area contributed by atoms with E-state index in [4.69, 9.17) is 5.26 Å². The molecule has 0 spiro atoms. The van der Waals surface area contributed by atoms with Crippen molar-refractivity contribution in [2.24, 2.45) is 0 Å². The molecule has 1 rings (SSSR count). The van der Waals surface area contributed by atoms with Crippen LogP contribution in [0.3, 0.4) is 0 Å². The van der Waals surface area contributed by atoms with Crippen LogP contribution in [0.5, 0.6) is 0 Å². The number of rotatable bonds is 5. The first-order valence-electron chi connectivity index (χ1n) is 5.97. The summed E-state index contributed by atoms with van der Waals surface area (Å²) >= 11 is 0. The number of hydrogen-bond donors (Lipinski definition) is 0. The van der Waals surface area contributed by atoms with Crippen molar-refractivity contribution in [3.8, 4) is 6.07 Å². The van der Waals surface area contributed by atoms with Crippen molar-refractivity contribution in [3.05, 3.63) is 35.1 Å². The van der Waals surface area contributed by atoms with Gasteiger partial charge in [-0.1, -0.05) is 0 Å². The molecule has 4 nitrogen and oxygen atoms in total. The van der Waals surface area contributed by atoms with Crippen LogP contribution in [-0.4, -0.2) is 30.6 Å². The molecule has 0 aliphatic carbocycles. The number of carbonyl (C=O) groups is 1. The number of nitriles is 1. The van der Waals surface area contributed by atoms with Crippen molar-refractivity contribution in [1.82, 2.24) is 4.90 Å². The van der Waals surface area contributed by atoms with E-state index in [0.717, 1.165) is 0 Å². The monoisotopic (exact) mass is 264 g/mol. The van der Waals surface area contributed by atoms with E-state index in [9.17, 15) is 9.18 Å². The molecule has 102 valence electrons. The minimum Gasteiger partial charge on any atom is -0.468 e. The molecule has 0 unspecified atom stereocenters. The molecular weight excluding hydrogens is 247 g/mol. The summed E-state index contributed by atoms with van der Waals surface area (Å²) in [4.78, 5) is 13.1. The molecule has 0 bridgehead atoms. The summed E-state index contributed by atoms with van der Waals surface area (Å²) in [5.41, 5.74) is 0.801. The van der Waals surface area contributed by atoms with Gasteiger partial charge in [0.25, 0.3) is 0 Å². The third-order valence-corrected chi connectivity index (χ3v) is 2.84. The van der Waals surface area contributed by atoms with Crippen LogP contribution in [0.25, 0.3) is 0 Å². The van der Waals surface area contributed by atoms with Crippen LogP contribution in [-0.2, 0) is 16.1 Å². The number of methoxy groups -OCH3 is 1. The van der Waals surface area contributed by atoms with Crippen molar-refractivity contribution in [1.29, 1.82) is 5.26 Å². The van der Waals surface area contributed by atoms with Gasteiger partial charge < -0.3 is 4.74 Å². The molecule has 1 aromatic carbocycles. The van der Waals surface area contributed by atoms with Gasteiger partial charge in [-0.05, 0) is 32.0 Å². The van der Waals surface area contributed by atoms with Crippen LogP contribution in [0.1, 0.15) is 25.0 Å². The SMILES string of the molecule is COC(=O)CN(Cc1cc(C#N)ccc1F)C(C)C. The molecular formula is C14H17FN2O2. The Morgan fingerprint density at radius 1 is 1.53 bits per heavy atom. The highest BCUT2D eigenvalue weighted by molar-refractivity contribution is 5.71. The first-order chi connectivity index (χ1) is 8.97. The maximum Gasteiger partial charge on any atom is 0.319 e. The predicted molar refractivity (Wildman–Crippen MR) is 68.7 cm³/mol. The van der Waals surface area contributed by atoms with Gasteiger partial charge in [-0.2, -0.15) is 5.26 Å². The Labute approximate surface area is 112 Å². The van der Waals surface area contributed by atoms with Gasteiger partial charge >= 0.3 is 5.97 Å². The third-order valence-electron chi connectivity index (χ3n) is 2.84. The van der Waals surface area contributed by atoms with E-state index in [1.807, 2.05) is 19.9 Å². The zero-order valence-corrected chi connectivity index (χ0v) is 11.3. The lowest BCUT2D eigenvalue weighted by Gasteiger charge is -2.25. The Bertz CT molecular complexity index is 495. The number of carbonyl (C=O) groups excluding carboxylic acids is 1. The van der Waals surface area contributed by atoms with Crippen LogP contribution in [0.15, 0.2) is 18.2 Å². The van der Waals surface area contributed by atoms with E-state index < -0.39 is 0 Å². The Morgan fingerprint density at radius 2 is 2.21 bits per heavy atom. The highest BCUT2D eigenvalue weighted by Gasteiger charge is 2.16. The van der Waals surface area contributed by atoms with E-state index >= 15 is 0 Å². The highest BCUT2D eigenvalue weighted by Crippen LogP contribution is 2.14. The van der Waals surface area contributed by atoms with Crippen LogP contribution >= 0.6 is 0 Å². The summed E-state index contributed by atoms with van der Waals surface area (Å²) in [5.74, 6) is -0.750. The fraction of sp³-hybridized carbons (Fsp3) is 0.429. The van der Waals surface area contributed by atoms with Crippen LogP contribution < -0.4 is 0 Å². The normalized spacial score (nSPS) is 10.6. The summed E-state index contributed by atoms with van der Waals surface area (Å²) in [6, 6.07) is 6.23. The molecule has 0 saturated heterocycles. The summed E-state index contributed by atoms with van der Waals surface area (Å²) in [5, 5.41) is 8.82. The fourth-order valence-electron chi connectivity index (χ4n) is 1.64. The zero-order chi connectivity index (χ0) is 14.4. The van der Waals surface area contributed by atoms with Gasteiger partial charge in [-0.15, -0.1) is 0 Å². The predicted octanol–water partition coefficient (Wildman–Crippen LogP) is 2.08. The number of hydrogen-bond acceptors (Lipinski definition) is 4. The third kappa shape index (κ3) is 4.34. The van der Waals surface area contributed by atoms with Gasteiger partial charge in [0.2, 0.25) is 0 Å². The lowest BCUT2D eigenvalue weighted by molar-refractivity contribution is -0.142. The van der Waals surface area contributed by atoms with Crippen molar-refractivity contribution >= 4 is 5.97 Å². The van der Waals surface area contributed by atoms with E-state index in [2.05, 4.69) is 4.74 Å². The largest absolute Gasteiger partial charge is 0.468 e. The molecule has 0 saturated carbocycles. The Kier molecular flexibility index (Phi) is 5.46. The zero-order valence-electron chi connectivity index (χ0n) is 11.3. The van der Waals surface area contributed by atoms with Crippen LogP contribution in [0, 0.1) is 17.1 Å². The first-order valence-corrected chi connectivity index (χ1v) is 5.97. The topological polar surface area (TPSA) is 53.3 Å². The van der Waals surface area contributed by atoms with Gasteiger partial charge in [0.05, 0.1) is 25.3 Å². The molecule has 5 heteroatoms. The second-order valence-electron chi connectivity index (χ2n) is 4.49. The number of ether oxygens (including phenoxy) is 1. The summed E-state index contributed by atoms with van der Waals surface area (Å²) in [6.45, 7) is 4.17. The quantitative estimate of drug-likeness (QED) is 0.764. The average Bonchev–Trinajstić information content (AvgIpc) is 2.39. The van der Waals surface area contributed by atoms with E-state index in [1.165, 1.54) is 25.3 Å². The molecule has 0 aliphatic rings. The molecule has 19 heavy (non-hydrogen) atoms. The molecule has 0 atom stereocenters. The number of halogens is 1. The standard InChI is InChI=1S/C14H17FN2O2/c1-10(2)17(9-14(18)19-3)8-12-6-11(7-16)4-5-13(12)15/h4-6,10H,8-9H2,1-3H3. The Morgan fingerprint density at radius 3 is 2.74 bits per heavy atom. The number of benzene rings is 1. The molecule has 0 radical (unpaired) electrons. The number of esters is 1. The molecule has 0 amide bonds. The van der Waals surface area contributed by atoms with Crippen molar-refractivity contribution < 1.29 is 13.9 Å². The molecule has 0 heterocycles. The Balaban J connectivity index is 2.90. The first kappa shape index (κ1) is 15.1. The highest BCUT2D eigenvalue weighted by atomic mass is 19.1. The lowest BCUT2D eigenvalue weighted by Crippen LogP contribution is -2.35. The maximum atomic E-state index is 13.7. The van der Waals surface area contributed by atoms with Gasteiger partial charge in [-0.3, -0.25) is 9.69 Å². The Hall–Kier alpha value is -1.93. The van der Waals surface area contributed by atoms with Crippen LogP contribution in [0.4, 0.5) is 4.39 Å². The van der Waals surface area contributed by atoms with Gasteiger partial charge in [0, 0.05) is 18.2 Å². The van der Waals surface area contributed by atoms with Gasteiger partial charge in [-0.25, -0.2) is 4.39 Å². The second-order valence-corrected chi connectivity index (χ2v) is 4.49. The summed E-state index contributed by atoms with van der Waals surface area (Å²) in [6.07, 6.45) is 0. The second kappa shape index (κ2) is 6.86. The van der Waals surface area contributed by atoms with Crippen molar-refractivity contribution in [2.75, 3.05) is 13.7 Å². The smallest absolute Gasteiger partial charge is 0.319 e. The fourth-order valence-corrected chi connectivity index (χ4v) is 1.64. The van der Waals surface area contributed by atoms with Crippen molar-refractivity contribution in [3.63, 3.8) is 0 Å². The summed E-state index contributed by atoms with van der Waals surface area (Å²) in [7, 11) is 1.32. The van der Waals surface area contributed by atoms with E-state index in [0.29, 0.717) is 11.1 Å². The van der Waals surface area contributed by atoms with Crippen molar-refractivity contribution in [2.45, 2.75) is 26.4 Å².